The van der Waals surface area contributed by atoms with Gasteiger partial charge in [0.25, 0.3) is 0 Å². The zero-order valence-electron chi connectivity index (χ0n) is 15.5. The van der Waals surface area contributed by atoms with Gasteiger partial charge in [-0.2, -0.15) is 0 Å². The molecule has 1 aliphatic heterocycles. The molecule has 0 spiro atoms. The monoisotopic (exact) mass is 384 g/mol. The van der Waals surface area contributed by atoms with Crippen molar-refractivity contribution in [1.82, 2.24) is 10.6 Å². The van der Waals surface area contributed by atoms with Crippen molar-refractivity contribution in [3.05, 3.63) is 64.7 Å². The fraction of sp³-hybridized carbons (Fsp3) is 0.333. The van der Waals surface area contributed by atoms with Gasteiger partial charge in [0.1, 0.15) is 0 Å². The first kappa shape index (κ1) is 19.2. The third kappa shape index (κ3) is 5.47. The number of nitrogens with one attached hydrogen (secondary N) is 3. The largest absolute Gasteiger partial charge is 0.356 e. The highest BCUT2D eigenvalue weighted by molar-refractivity contribution is 6.30. The summed E-state index contributed by atoms with van der Waals surface area (Å²) in [5, 5.41) is 10.4. The Labute approximate surface area is 165 Å². The number of aliphatic imine (C=N–C) groups is 1. The first-order valence-corrected chi connectivity index (χ1v) is 9.61. The van der Waals surface area contributed by atoms with Gasteiger partial charge >= 0.3 is 0 Å². The van der Waals surface area contributed by atoms with Gasteiger partial charge in [0, 0.05) is 43.2 Å². The number of aryl methyl sites for hydroxylation is 1. The lowest BCUT2D eigenvalue weighted by Crippen LogP contribution is -2.41. The zero-order chi connectivity index (χ0) is 19.1. The molecule has 2 aromatic carbocycles. The summed E-state index contributed by atoms with van der Waals surface area (Å²) in [7, 11) is 1.76. The number of hydrogen-bond donors (Lipinski definition) is 3. The second kappa shape index (κ2) is 9.42. The number of anilines is 1. The lowest BCUT2D eigenvalue weighted by Gasteiger charge is -2.26. The van der Waals surface area contributed by atoms with Crippen LogP contribution in [0.2, 0.25) is 5.02 Å². The van der Waals surface area contributed by atoms with Crippen molar-refractivity contribution in [2.45, 2.75) is 25.2 Å². The normalized spacial score (nSPS) is 16.4. The van der Waals surface area contributed by atoms with Crippen LogP contribution in [0.1, 0.15) is 29.9 Å². The summed E-state index contributed by atoms with van der Waals surface area (Å²) in [5.74, 6) is 0.962. The Kier molecular flexibility index (Phi) is 6.71. The highest BCUT2D eigenvalue weighted by Crippen LogP contribution is 2.31. The SMILES string of the molecule is CN=C(NCCCc1ccc(Cl)cc1)NCC1CC(=O)Nc2ccccc21. The van der Waals surface area contributed by atoms with E-state index in [4.69, 9.17) is 11.6 Å². The molecule has 1 amide bonds. The molecule has 5 nitrogen and oxygen atoms in total. The van der Waals surface area contributed by atoms with Crippen LogP contribution >= 0.6 is 11.6 Å². The summed E-state index contributed by atoms with van der Waals surface area (Å²) in [4.78, 5) is 16.2. The van der Waals surface area contributed by atoms with E-state index in [1.807, 2.05) is 30.3 Å². The molecule has 3 N–H and O–H groups in total. The average molecular weight is 385 g/mol. The first-order valence-electron chi connectivity index (χ1n) is 9.23. The van der Waals surface area contributed by atoms with Crippen LogP contribution in [-0.4, -0.2) is 32.0 Å². The van der Waals surface area contributed by atoms with Crippen LogP contribution in [-0.2, 0) is 11.2 Å². The van der Waals surface area contributed by atoms with Gasteiger partial charge in [-0.1, -0.05) is 41.9 Å². The molecule has 0 saturated carbocycles. The Hall–Kier alpha value is -2.53. The van der Waals surface area contributed by atoms with E-state index in [9.17, 15) is 4.79 Å². The second-order valence-electron chi connectivity index (χ2n) is 6.65. The number of halogens is 1. The molecule has 1 aliphatic rings. The molecule has 1 unspecified atom stereocenters. The van der Waals surface area contributed by atoms with Crippen molar-refractivity contribution < 1.29 is 4.79 Å². The van der Waals surface area contributed by atoms with E-state index < -0.39 is 0 Å². The van der Waals surface area contributed by atoms with Crippen LogP contribution in [0.4, 0.5) is 5.69 Å². The van der Waals surface area contributed by atoms with Gasteiger partial charge < -0.3 is 16.0 Å². The maximum Gasteiger partial charge on any atom is 0.225 e. The topological polar surface area (TPSA) is 65.5 Å². The smallest absolute Gasteiger partial charge is 0.225 e. The summed E-state index contributed by atoms with van der Waals surface area (Å²) >= 11 is 5.91. The quantitative estimate of drug-likeness (QED) is 0.405. The second-order valence-corrected chi connectivity index (χ2v) is 7.08. The molecule has 0 radical (unpaired) electrons. The Morgan fingerprint density at radius 2 is 1.96 bits per heavy atom. The fourth-order valence-corrected chi connectivity index (χ4v) is 3.40. The number of rotatable bonds is 6. The van der Waals surface area contributed by atoms with Crippen molar-refractivity contribution >= 4 is 29.2 Å². The van der Waals surface area contributed by atoms with Crippen LogP contribution in [0.3, 0.4) is 0 Å². The highest BCUT2D eigenvalue weighted by atomic mass is 35.5. The van der Waals surface area contributed by atoms with Gasteiger partial charge in [0.15, 0.2) is 5.96 Å². The van der Waals surface area contributed by atoms with Gasteiger partial charge in [-0.3, -0.25) is 9.79 Å². The minimum absolute atomic E-state index is 0.0615. The molecule has 0 aromatic heterocycles. The highest BCUT2D eigenvalue weighted by Gasteiger charge is 2.24. The first-order chi connectivity index (χ1) is 13.2. The molecule has 27 heavy (non-hydrogen) atoms. The summed E-state index contributed by atoms with van der Waals surface area (Å²) < 4.78 is 0. The Balaban J connectivity index is 1.45. The Bertz CT molecular complexity index is 804. The third-order valence-corrected chi connectivity index (χ3v) is 4.95. The summed E-state index contributed by atoms with van der Waals surface area (Å²) in [6.45, 7) is 1.49. The minimum Gasteiger partial charge on any atom is -0.356 e. The number of para-hydroxylation sites is 1. The van der Waals surface area contributed by atoms with E-state index in [-0.39, 0.29) is 11.8 Å². The van der Waals surface area contributed by atoms with Gasteiger partial charge in [-0.25, -0.2) is 0 Å². The van der Waals surface area contributed by atoms with Crippen LogP contribution in [0.5, 0.6) is 0 Å². The van der Waals surface area contributed by atoms with Gasteiger partial charge in [-0.05, 0) is 42.2 Å². The molecule has 0 aliphatic carbocycles. The maximum absolute atomic E-state index is 11.9. The van der Waals surface area contributed by atoms with Gasteiger partial charge in [0.05, 0.1) is 0 Å². The van der Waals surface area contributed by atoms with Crippen LogP contribution in [0.15, 0.2) is 53.5 Å². The molecule has 0 bridgehead atoms. The lowest BCUT2D eigenvalue weighted by molar-refractivity contribution is -0.116. The average Bonchev–Trinajstić information content (AvgIpc) is 2.68. The van der Waals surface area contributed by atoms with E-state index in [0.29, 0.717) is 13.0 Å². The molecule has 0 fully saturated rings. The number of carbonyl (C=O) groups excluding carboxylic acids is 1. The van der Waals surface area contributed by atoms with Crippen LogP contribution < -0.4 is 16.0 Å². The number of nitrogens with zero attached hydrogens (tertiary/aromatic N) is 1. The van der Waals surface area contributed by atoms with Crippen molar-refractivity contribution in [2.24, 2.45) is 4.99 Å². The van der Waals surface area contributed by atoms with Crippen molar-refractivity contribution in [2.75, 3.05) is 25.5 Å². The molecular weight excluding hydrogens is 360 g/mol. The Morgan fingerprint density at radius 3 is 2.74 bits per heavy atom. The number of guanidine groups is 1. The van der Waals surface area contributed by atoms with Gasteiger partial charge in [-0.15, -0.1) is 0 Å². The Morgan fingerprint density at radius 1 is 1.19 bits per heavy atom. The summed E-state index contributed by atoms with van der Waals surface area (Å²) in [5.41, 5.74) is 3.35. The molecule has 0 saturated heterocycles. The van der Waals surface area contributed by atoms with E-state index in [1.54, 1.807) is 7.05 Å². The molecule has 1 heterocycles. The van der Waals surface area contributed by atoms with Crippen LogP contribution in [0.25, 0.3) is 0 Å². The zero-order valence-corrected chi connectivity index (χ0v) is 16.2. The molecular formula is C21H25ClN4O. The minimum atomic E-state index is 0.0615. The summed E-state index contributed by atoms with van der Waals surface area (Å²) in [6, 6.07) is 15.9. The van der Waals surface area contributed by atoms with Crippen LogP contribution in [0, 0.1) is 0 Å². The van der Waals surface area contributed by atoms with Gasteiger partial charge in [0.2, 0.25) is 5.91 Å². The number of carbonyl (C=O) groups is 1. The third-order valence-electron chi connectivity index (χ3n) is 4.69. The number of benzene rings is 2. The van der Waals surface area contributed by atoms with Crippen molar-refractivity contribution in [3.63, 3.8) is 0 Å². The number of hydrogen-bond acceptors (Lipinski definition) is 2. The van der Waals surface area contributed by atoms with Crippen molar-refractivity contribution in [1.29, 1.82) is 0 Å². The predicted octanol–water partition coefficient (Wildman–Crippen LogP) is 3.56. The maximum atomic E-state index is 11.9. The number of amides is 1. The lowest BCUT2D eigenvalue weighted by atomic mass is 9.90. The molecule has 142 valence electrons. The van der Waals surface area contributed by atoms with E-state index >= 15 is 0 Å². The standard InChI is InChI=1S/C21H25ClN4O/c1-23-21(24-12-4-5-15-8-10-17(22)11-9-15)25-14-16-13-20(27)26-19-7-3-2-6-18(16)19/h2-3,6-11,16H,4-5,12-14H2,1H3,(H,26,27)(H2,23,24,25). The predicted molar refractivity (Wildman–Crippen MR) is 112 cm³/mol. The molecule has 3 rings (SSSR count). The van der Waals surface area contributed by atoms with E-state index in [0.717, 1.165) is 36.1 Å². The van der Waals surface area contributed by atoms with E-state index in [2.05, 4.69) is 39.1 Å². The summed E-state index contributed by atoms with van der Waals surface area (Å²) in [6.07, 6.45) is 2.46. The molecule has 6 heteroatoms. The number of fused-ring (bicyclic) bond motifs is 1. The molecule has 1 atom stereocenters. The molecule has 2 aromatic rings. The fourth-order valence-electron chi connectivity index (χ4n) is 3.27. The van der Waals surface area contributed by atoms with E-state index in [1.165, 1.54) is 11.1 Å². The van der Waals surface area contributed by atoms with Crippen molar-refractivity contribution in [3.8, 4) is 0 Å².